The number of rotatable bonds is 6. The van der Waals surface area contributed by atoms with Crippen LogP contribution in [-0.2, 0) is 4.79 Å². The summed E-state index contributed by atoms with van der Waals surface area (Å²) in [5.74, 6) is -1.46. The van der Waals surface area contributed by atoms with E-state index in [0.29, 0.717) is 18.7 Å². The molecule has 3 heterocycles. The Morgan fingerprint density at radius 1 is 1.15 bits per heavy atom. The lowest BCUT2D eigenvalue weighted by atomic mass is 9.93. The van der Waals surface area contributed by atoms with Crippen molar-refractivity contribution in [1.82, 2.24) is 14.8 Å². The van der Waals surface area contributed by atoms with Crippen LogP contribution in [-0.4, -0.2) is 58.8 Å². The number of aromatic amines is 1. The number of hydrogen-bond donors (Lipinski definition) is 2. The fraction of sp³-hybridized carbons (Fsp3) is 0.231. The van der Waals surface area contributed by atoms with Gasteiger partial charge in [0.15, 0.2) is 11.5 Å². The number of Topliss-reactive ketones (excluding diaryl/α,β-unsaturated/α-hetero) is 1. The number of hydrogen-bond acceptors (Lipinski definition) is 5. The van der Waals surface area contributed by atoms with Gasteiger partial charge in [0.05, 0.1) is 11.6 Å². The van der Waals surface area contributed by atoms with Crippen molar-refractivity contribution < 1.29 is 19.1 Å². The van der Waals surface area contributed by atoms with Crippen molar-refractivity contribution >= 4 is 33.6 Å². The normalized spacial score (nSPS) is 16.7. The molecule has 5 rings (SSSR count). The van der Waals surface area contributed by atoms with Gasteiger partial charge in [0.2, 0.25) is 5.78 Å². The first-order chi connectivity index (χ1) is 15.9. The zero-order chi connectivity index (χ0) is 23.3. The third-order valence-corrected chi connectivity index (χ3v) is 6.20. The predicted octanol–water partition coefficient (Wildman–Crippen LogP) is 4.36. The number of aliphatic hydroxyl groups excluding tert-OH is 1. The first-order valence-corrected chi connectivity index (χ1v) is 10.9. The van der Waals surface area contributed by atoms with Crippen molar-refractivity contribution in [1.29, 1.82) is 0 Å². The summed E-state index contributed by atoms with van der Waals surface area (Å²) < 4.78 is 5.80. The maximum absolute atomic E-state index is 13.7. The minimum absolute atomic E-state index is 0.0469. The highest BCUT2D eigenvalue weighted by molar-refractivity contribution is 6.16. The number of aromatic nitrogens is 1. The molecule has 4 aromatic rings. The molecule has 7 nitrogen and oxygen atoms in total. The van der Waals surface area contributed by atoms with E-state index in [1.165, 1.54) is 0 Å². The van der Waals surface area contributed by atoms with Crippen molar-refractivity contribution in [2.45, 2.75) is 13.0 Å². The fourth-order valence-corrected chi connectivity index (χ4v) is 4.60. The molecule has 2 aromatic carbocycles. The first kappa shape index (κ1) is 21.0. The highest BCUT2D eigenvalue weighted by Gasteiger charge is 2.45. The zero-order valence-corrected chi connectivity index (χ0v) is 18.8. The van der Waals surface area contributed by atoms with Crippen LogP contribution < -0.4 is 0 Å². The Bertz CT molecular complexity index is 1390. The third-order valence-electron chi connectivity index (χ3n) is 6.20. The molecular weight excluding hydrogens is 418 g/mol. The average Bonchev–Trinajstić information content (AvgIpc) is 3.44. The van der Waals surface area contributed by atoms with Crippen LogP contribution in [0.5, 0.6) is 0 Å². The fourth-order valence-electron chi connectivity index (χ4n) is 4.60. The molecule has 0 fully saturated rings. The van der Waals surface area contributed by atoms with Crippen molar-refractivity contribution in [2.75, 3.05) is 27.2 Å². The number of para-hydroxylation sites is 2. The van der Waals surface area contributed by atoms with Crippen molar-refractivity contribution in [3.8, 4) is 0 Å². The van der Waals surface area contributed by atoms with Gasteiger partial charge in [-0.1, -0.05) is 36.4 Å². The number of aryl methyl sites for hydroxylation is 1. The molecule has 2 N–H and O–H groups in total. The van der Waals surface area contributed by atoms with Gasteiger partial charge in [-0.3, -0.25) is 9.59 Å². The molecule has 1 unspecified atom stereocenters. The van der Waals surface area contributed by atoms with E-state index in [0.717, 1.165) is 27.5 Å². The summed E-state index contributed by atoms with van der Waals surface area (Å²) in [4.78, 5) is 33.8. The van der Waals surface area contributed by atoms with Gasteiger partial charge >= 0.3 is 0 Å². The second-order valence-electron chi connectivity index (χ2n) is 8.65. The lowest BCUT2D eigenvalue weighted by Crippen LogP contribution is -2.36. The van der Waals surface area contributed by atoms with E-state index in [2.05, 4.69) is 4.98 Å². The Balaban J connectivity index is 1.67. The minimum Gasteiger partial charge on any atom is -0.503 e. The van der Waals surface area contributed by atoms with Crippen LogP contribution in [0.25, 0.3) is 21.9 Å². The number of carbonyl (C=O) groups excluding carboxylic acids is 2. The standard InChI is InChI=1S/C26H25N3O4/c1-15-21(17-9-5-6-10-18(17)27-15)23-22(25(31)26(32)29(23)13-12-28(2)3)24(30)20-14-16-8-4-7-11-19(16)33-20/h4-11,14,23,27,31H,12-13H2,1-3H3. The summed E-state index contributed by atoms with van der Waals surface area (Å²) in [5, 5.41) is 12.6. The summed E-state index contributed by atoms with van der Waals surface area (Å²) in [7, 11) is 3.83. The highest BCUT2D eigenvalue weighted by atomic mass is 16.3. The predicted molar refractivity (Wildman–Crippen MR) is 126 cm³/mol. The molecular formula is C26H25N3O4. The number of likely N-dealkylation sites (N-methyl/N-ethyl adjacent to an activating group) is 1. The Kier molecular flexibility index (Phi) is 5.06. The van der Waals surface area contributed by atoms with E-state index in [9.17, 15) is 14.7 Å². The van der Waals surface area contributed by atoms with Crippen LogP contribution in [0.3, 0.4) is 0 Å². The van der Waals surface area contributed by atoms with E-state index in [1.807, 2.05) is 68.4 Å². The minimum atomic E-state index is -0.727. The van der Waals surface area contributed by atoms with Crippen LogP contribution in [0.4, 0.5) is 0 Å². The van der Waals surface area contributed by atoms with Gasteiger partial charge in [-0.2, -0.15) is 0 Å². The smallest absolute Gasteiger partial charge is 0.290 e. The van der Waals surface area contributed by atoms with Crippen molar-refractivity contribution in [3.63, 3.8) is 0 Å². The summed E-state index contributed by atoms with van der Waals surface area (Å²) in [5.41, 5.74) is 3.18. The lowest BCUT2D eigenvalue weighted by molar-refractivity contribution is -0.129. The van der Waals surface area contributed by atoms with Crippen molar-refractivity contribution in [2.24, 2.45) is 0 Å². The Hall–Kier alpha value is -3.84. The second-order valence-corrected chi connectivity index (χ2v) is 8.65. The second kappa shape index (κ2) is 7.94. The summed E-state index contributed by atoms with van der Waals surface area (Å²) in [6, 6.07) is 16.0. The summed E-state index contributed by atoms with van der Waals surface area (Å²) in [6.45, 7) is 2.86. The first-order valence-electron chi connectivity index (χ1n) is 10.9. The largest absolute Gasteiger partial charge is 0.503 e. The van der Waals surface area contributed by atoms with E-state index in [1.54, 1.807) is 17.0 Å². The number of H-pyrrole nitrogens is 1. The van der Waals surface area contributed by atoms with Crippen LogP contribution in [0.1, 0.15) is 27.9 Å². The molecule has 168 valence electrons. The number of amides is 1. The molecule has 7 heteroatoms. The summed E-state index contributed by atoms with van der Waals surface area (Å²) in [6.07, 6.45) is 0. The van der Waals surface area contributed by atoms with E-state index in [-0.39, 0.29) is 11.3 Å². The quantitative estimate of drug-likeness (QED) is 0.432. The van der Waals surface area contributed by atoms with Gasteiger partial charge in [-0.15, -0.1) is 0 Å². The van der Waals surface area contributed by atoms with Crippen LogP contribution in [0, 0.1) is 6.92 Å². The number of ketones is 1. The molecule has 0 radical (unpaired) electrons. The van der Waals surface area contributed by atoms with E-state index >= 15 is 0 Å². The average molecular weight is 444 g/mol. The van der Waals surface area contributed by atoms with Gasteiger partial charge in [0.25, 0.3) is 5.91 Å². The SMILES string of the molecule is Cc1[nH]c2ccccc2c1C1C(C(=O)c2cc3ccccc3o2)=C(O)C(=O)N1CCN(C)C. The number of fused-ring (bicyclic) bond motifs is 2. The molecule has 1 amide bonds. The molecule has 0 bridgehead atoms. The molecule has 1 aliphatic heterocycles. The molecule has 33 heavy (non-hydrogen) atoms. The molecule has 0 saturated carbocycles. The van der Waals surface area contributed by atoms with Gasteiger partial charge < -0.3 is 24.3 Å². The topological polar surface area (TPSA) is 89.8 Å². The number of nitrogens with zero attached hydrogens (tertiary/aromatic N) is 2. The maximum Gasteiger partial charge on any atom is 0.290 e. The number of aliphatic hydroxyl groups is 1. The van der Waals surface area contributed by atoms with E-state index in [4.69, 9.17) is 4.42 Å². The molecule has 0 aliphatic carbocycles. The Morgan fingerprint density at radius 3 is 2.64 bits per heavy atom. The number of nitrogens with one attached hydrogen (secondary N) is 1. The van der Waals surface area contributed by atoms with E-state index < -0.39 is 23.5 Å². The maximum atomic E-state index is 13.7. The van der Waals surface area contributed by atoms with Crippen LogP contribution >= 0.6 is 0 Å². The number of carbonyl (C=O) groups is 2. The zero-order valence-electron chi connectivity index (χ0n) is 18.8. The number of furan rings is 1. The Labute approximate surface area is 190 Å². The van der Waals surface area contributed by atoms with Gasteiger partial charge in [-0.25, -0.2) is 0 Å². The van der Waals surface area contributed by atoms with Crippen LogP contribution in [0.2, 0.25) is 0 Å². The Morgan fingerprint density at radius 2 is 1.88 bits per heavy atom. The summed E-state index contributed by atoms with van der Waals surface area (Å²) >= 11 is 0. The van der Waals surface area contributed by atoms with Crippen LogP contribution in [0.15, 0.2) is 70.3 Å². The highest BCUT2D eigenvalue weighted by Crippen LogP contribution is 2.43. The van der Waals surface area contributed by atoms with Crippen molar-refractivity contribution in [3.05, 3.63) is 82.9 Å². The van der Waals surface area contributed by atoms with Gasteiger partial charge in [-0.05, 0) is 39.2 Å². The monoisotopic (exact) mass is 443 g/mol. The lowest BCUT2D eigenvalue weighted by Gasteiger charge is -2.28. The number of benzene rings is 2. The molecule has 2 aromatic heterocycles. The van der Waals surface area contributed by atoms with Gasteiger partial charge in [0, 0.05) is 40.6 Å². The molecule has 0 spiro atoms. The molecule has 1 aliphatic rings. The molecule has 0 saturated heterocycles. The van der Waals surface area contributed by atoms with Gasteiger partial charge in [0.1, 0.15) is 5.58 Å². The molecule has 1 atom stereocenters. The third kappa shape index (κ3) is 3.41.